The lowest BCUT2D eigenvalue weighted by Crippen LogP contribution is -2.24. The second-order valence-corrected chi connectivity index (χ2v) is 4.78. The number of phenols is 1. The van der Waals surface area contributed by atoms with Gasteiger partial charge in [0.2, 0.25) is 0 Å². The van der Waals surface area contributed by atoms with E-state index in [0.717, 1.165) is 0 Å². The van der Waals surface area contributed by atoms with Crippen LogP contribution in [-0.2, 0) is 9.53 Å². The molecule has 0 unspecified atom stereocenters. The van der Waals surface area contributed by atoms with Crippen molar-refractivity contribution < 1.29 is 24.2 Å². The molecule has 0 radical (unpaired) electrons. The molecule has 1 aromatic carbocycles. The number of hydrogen-bond acceptors (Lipinski definition) is 5. The molecule has 0 atom stereocenters. The smallest absolute Gasteiger partial charge is 0.342 e. The van der Waals surface area contributed by atoms with E-state index in [0.29, 0.717) is 0 Å². The summed E-state index contributed by atoms with van der Waals surface area (Å²) < 4.78 is 10.0. The average Bonchev–Trinajstić information content (AvgIpc) is 2.17. The van der Waals surface area contributed by atoms with Crippen LogP contribution in [0.4, 0.5) is 0 Å². The molecule has 0 amide bonds. The van der Waals surface area contributed by atoms with E-state index in [1.807, 2.05) is 0 Å². The molecule has 0 bridgehead atoms. The van der Waals surface area contributed by atoms with E-state index in [4.69, 9.17) is 9.47 Å². The summed E-state index contributed by atoms with van der Waals surface area (Å²) in [5, 5.41) is 9.37. The predicted molar refractivity (Wildman–Crippen MR) is 64.6 cm³/mol. The molecular weight excluding hydrogens is 236 g/mol. The van der Waals surface area contributed by atoms with E-state index in [1.165, 1.54) is 25.1 Å². The minimum atomic E-state index is -0.671. The Kier molecular flexibility index (Phi) is 3.96. The van der Waals surface area contributed by atoms with Crippen molar-refractivity contribution in [3.05, 3.63) is 23.8 Å². The summed E-state index contributed by atoms with van der Waals surface area (Å²) in [4.78, 5) is 22.8. The monoisotopic (exact) mass is 252 g/mol. The Morgan fingerprint density at radius 1 is 1.22 bits per heavy atom. The molecule has 18 heavy (non-hydrogen) atoms. The molecule has 0 aliphatic heterocycles. The van der Waals surface area contributed by atoms with Gasteiger partial charge in [-0.15, -0.1) is 0 Å². The van der Waals surface area contributed by atoms with Gasteiger partial charge < -0.3 is 14.6 Å². The standard InChI is InChI=1S/C13H16O5/c1-8(14)17-11-6-5-9(15)7-10(11)12(16)18-13(2,3)4/h5-7,15H,1-4H3. The minimum absolute atomic E-state index is 0.0140. The maximum Gasteiger partial charge on any atom is 0.342 e. The van der Waals surface area contributed by atoms with Crippen molar-refractivity contribution in [2.45, 2.75) is 33.3 Å². The highest BCUT2D eigenvalue weighted by Gasteiger charge is 2.22. The second kappa shape index (κ2) is 5.08. The van der Waals surface area contributed by atoms with Crippen molar-refractivity contribution in [3.8, 4) is 11.5 Å². The molecule has 98 valence electrons. The molecule has 0 aliphatic rings. The van der Waals surface area contributed by atoms with Crippen LogP contribution >= 0.6 is 0 Å². The molecule has 0 spiro atoms. The first-order valence-electron chi connectivity index (χ1n) is 5.44. The second-order valence-electron chi connectivity index (χ2n) is 4.78. The molecule has 1 N–H and O–H groups in total. The zero-order valence-electron chi connectivity index (χ0n) is 10.8. The Balaban J connectivity index is 3.08. The van der Waals surface area contributed by atoms with Crippen LogP contribution in [0.25, 0.3) is 0 Å². The fraction of sp³-hybridized carbons (Fsp3) is 0.385. The Morgan fingerprint density at radius 3 is 2.33 bits per heavy atom. The molecule has 5 heteroatoms. The fourth-order valence-electron chi connectivity index (χ4n) is 1.25. The number of carbonyl (C=O) groups excluding carboxylic acids is 2. The van der Waals surface area contributed by atoms with E-state index in [1.54, 1.807) is 20.8 Å². The number of hydrogen-bond donors (Lipinski definition) is 1. The third-order valence-electron chi connectivity index (χ3n) is 1.84. The number of aromatic hydroxyl groups is 1. The topological polar surface area (TPSA) is 72.8 Å². The van der Waals surface area contributed by atoms with Gasteiger partial charge in [-0.3, -0.25) is 4.79 Å². The summed E-state index contributed by atoms with van der Waals surface area (Å²) in [6.45, 7) is 6.39. The first-order valence-corrected chi connectivity index (χ1v) is 5.44. The van der Waals surface area contributed by atoms with Crippen LogP contribution in [-0.4, -0.2) is 22.6 Å². The number of rotatable bonds is 2. The molecule has 5 nitrogen and oxygen atoms in total. The van der Waals surface area contributed by atoms with Gasteiger partial charge in [-0.25, -0.2) is 4.79 Å². The SMILES string of the molecule is CC(=O)Oc1ccc(O)cc1C(=O)OC(C)(C)C. The van der Waals surface area contributed by atoms with E-state index < -0.39 is 17.5 Å². The number of benzene rings is 1. The molecule has 0 aliphatic carbocycles. The van der Waals surface area contributed by atoms with Crippen LogP contribution in [0, 0.1) is 0 Å². The quantitative estimate of drug-likeness (QED) is 0.645. The van der Waals surface area contributed by atoms with E-state index in [9.17, 15) is 14.7 Å². The van der Waals surface area contributed by atoms with Gasteiger partial charge in [0.05, 0.1) is 0 Å². The lowest BCUT2D eigenvalue weighted by atomic mass is 10.1. The van der Waals surface area contributed by atoms with Crippen LogP contribution in [0.5, 0.6) is 11.5 Å². The van der Waals surface area contributed by atoms with Gasteiger partial charge >= 0.3 is 11.9 Å². The van der Waals surface area contributed by atoms with E-state index in [-0.39, 0.29) is 17.1 Å². The zero-order chi connectivity index (χ0) is 13.9. The molecule has 0 aromatic heterocycles. The highest BCUT2D eigenvalue weighted by molar-refractivity contribution is 5.94. The van der Waals surface area contributed by atoms with Gasteiger partial charge in [-0.05, 0) is 39.0 Å². The highest BCUT2D eigenvalue weighted by Crippen LogP contribution is 2.26. The maximum atomic E-state index is 11.9. The zero-order valence-corrected chi connectivity index (χ0v) is 10.8. The van der Waals surface area contributed by atoms with Crippen LogP contribution < -0.4 is 4.74 Å². The summed E-state index contributed by atoms with van der Waals surface area (Å²) in [5.74, 6) is -1.25. The lowest BCUT2D eigenvalue weighted by molar-refractivity contribution is -0.131. The average molecular weight is 252 g/mol. The van der Waals surface area contributed by atoms with Crippen molar-refractivity contribution in [3.63, 3.8) is 0 Å². The Labute approximate surface area is 105 Å². The first kappa shape index (κ1) is 14.0. The number of esters is 2. The predicted octanol–water partition coefficient (Wildman–Crippen LogP) is 2.27. The van der Waals surface area contributed by atoms with Gasteiger partial charge in [-0.2, -0.15) is 0 Å². The minimum Gasteiger partial charge on any atom is -0.508 e. The summed E-state index contributed by atoms with van der Waals surface area (Å²) in [6, 6.07) is 3.87. The fourth-order valence-corrected chi connectivity index (χ4v) is 1.25. The van der Waals surface area contributed by atoms with Gasteiger partial charge in [0.25, 0.3) is 0 Å². The third kappa shape index (κ3) is 4.08. The van der Waals surface area contributed by atoms with Gasteiger partial charge in [0.15, 0.2) is 0 Å². The number of carbonyl (C=O) groups is 2. The van der Waals surface area contributed by atoms with Crippen LogP contribution in [0.1, 0.15) is 38.1 Å². The van der Waals surface area contributed by atoms with E-state index in [2.05, 4.69) is 0 Å². The number of ether oxygens (including phenoxy) is 2. The highest BCUT2D eigenvalue weighted by atomic mass is 16.6. The van der Waals surface area contributed by atoms with E-state index >= 15 is 0 Å². The van der Waals surface area contributed by atoms with Crippen molar-refractivity contribution >= 4 is 11.9 Å². The van der Waals surface area contributed by atoms with Crippen LogP contribution in [0.2, 0.25) is 0 Å². The Morgan fingerprint density at radius 2 is 1.83 bits per heavy atom. The van der Waals surface area contributed by atoms with Crippen molar-refractivity contribution in [1.82, 2.24) is 0 Å². The van der Waals surface area contributed by atoms with Crippen molar-refractivity contribution in [2.24, 2.45) is 0 Å². The van der Waals surface area contributed by atoms with Crippen molar-refractivity contribution in [1.29, 1.82) is 0 Å². The molecule has 0 saturated carbocycles. The molecule has 1 aromatic rings. The summed E-state index contributed by atoms with van der Waals surface area (Å²) in [6.07, 6.45) is 0. The molecule has 0 heterocycles. The molecule has 0 saturated heterocycles. The Hall–Kier alpha value is -2.04. The largest absolute Gasteiger partial charge is 0.508 e. The molecule has 1 rings (SSSR count). The Bertz CT molecular complexity index is 471. The maximum absolute atomic E-state index is 11.9. The molecule has 0 fully saturated rings. The molecular formula is C13H16O5. The van der Waals surface area contributed by atoms with Crippen molar-refractivity contribution in [2.75, 3.05) is 0 Å². The summed E-state index contributed by atoms with van der Waals surface area (Å²) in [5.41, 5.74) is -0.657. The number of phenolic OH excluding ortho intramolecular Hbond substituents is 1. The lowest BCUT2D eigenvalue weighted by Gasteiger charge is -2.20. The van der Waals surface area contributed by atoms with Crippen LogP contribution in [0.3, 0.4) is 0 Å². The first-order chi connectivity index (χ1) is 8.19. The van der Waals surface area contributed by atoms with Gasteiger partial charge in [-0.1, -0.05) is 0 Å². The summed E-state index contributed by atoms with van der Waals surface area (Å²) in [7, 11) is 0. The van der Waals surface area contributed by atoms with Crippen LogP contribution in [0.15, 0.2) is 18.2 Å². The third-order valence-corrected chi connectivity index (χ3v) is 1.84. The van der Waals surface area contributed by atoms with Gasteiger partial charge in [0, 0.05) is 6.92 Å². The van der Waals surface area contributed by atoms with Gasteiger partial charge in [0.1, 0.15) is 22.7 Å². The summed E-state index contributed by atoms with van der Waals surface area (Å²) >= 11 is 0. The normalized spacial score (nSPS) is 10.9.